The minimum atomic E-state index is -3.70. The average Bonchev–Trinajstić information content (AvgIpc) is 2.72. The molecular weight excluding hydrogens is 400 g/mol. The lowest BCUT2D eigenvalue weighted by Crippen LogP contribution is -2.40. The first-order chi connectivity index (χ1) is 13.8. The van der Waals surface area contributed by atoms with E-state index in [1.807, 2.05) is 0 Å². The molecule has 0 unspecified atom stereocenters. The molecule has 0 heterocycles. The molecule has 0 bridgehead atoms. The van der Waals surface area contributed by atoms with Crippen molar-refractivity contribution in [2.24, 2.45) is 5.10 Å². The van der Waals surface area contributed by atoms with Gasteiger partial charge in [0, 0.05) is 12.1 Å². The summed E-state index contributed by atoms with van der Waals surface area (Å²) in [6, 6.07) is 11.8. The molecule has 0 aromatic heterocycles. The largest absolute Gasteiger partial charge is 0.497 e. The lowest BCUT2D eigenvalue weighted by Gasteiger charge is -2.23. The molecule has 10 nitrogen and oxygen atoms in total. The van der Waals surface area contributed by atoms with E-state index >= 15 is 0 Å². The van der Waals surface area contributed by atoms with E-state index in [0.717, 1.165) is 4.31 Å². The van der Waals surface area contributed by atoms with Gasteiger partial charge in [0.15, 0.2) is 0 Å². The first-order valence-electron chi connectivity index (χ1n) is 8.47. The molecular formula is C18H20N4O6S. The van der Waals surface area contributed by atoms with Crippen LogP contribution in [0.1, 0.15) is 12.5 Å². The van der Waals surface area contributed by atoms with E-state index in [-0.39, 0.29) is 11.4 Å². The maximum absolute atomic E-state index is 12.4. The van der Waals surface area contributed by atoms with Crippen LogP contribution >= 0.6 is 0 Å². The van der Waals surface area contributed by atoms with Crippen molar-refractivity contribution in [1.29, 1.82) is 0 Å². The SMILES string of the molecule is CCS(=O)(=O)N(CC(=O)N/N=C\c1ccc([N+](=O)[O-])cc1)c1ccc(OC)cc1. The third-order valence-electron chi connectivity index (χ3n) is 3.85. The standard InChI is InChI=1S/C18H20N4O6S/c1-3-29(26,27)21(15-8-10-17(28-2)11-9-15)13-18(23)20-19-12-14-4-6-16(7-5-14)22(24)25/h4-12H,3,13H2,1-2H3,(H,20,23)/b19-12-. The van der Waals surface area contributed by atoms with Gasteiger partial charge in [-0.3, -0.25) is 19.2 Å². The second kappa shape index (κ2) is 9.64. The minimum absolute atomic E-state index is 0.0638. The molecule has 2 rings (SSSR count). The number of nitrogens with zero attached hydrogens (tertiary/aromatic N) is 3. The predicted molar refractivity (Wildman–Crippen MR) is 109 cm³/mol. The van der Waals surface area contributed by atoms with Gasteiger partial charge in [-0.1, -0.05) is 0 Å². The first kappa shape index (κ1) is 21.8. The number of carbonyl (C=O) groups excluding carboxylic acids is 1. The number of carbonyl (C=O) groups is 1. The highest BCUT2D eigenvalue weighted by Crippen LogP contribution is 2.22. The van der Waals surface area contributed by atoms with Gasteiger partial charge in [-0.2, -0.15) is 5.10 Å². The highest BCUT2D eigenvalue weighted by Gasteiger charge is 2.23. The van der Waals surface area contributed by atoms with Gasteiger partial charge in [0.05, 0.1) is 29.7 Å². The van der Waals surface area contributed by atoms with Crippen LogP contribution in [0.2, 0.25) is 0 Å². The molecule has 154 valence electrons. The summed E-state index contributed by atoms with van der Waals surface area (Å²) < 4.78 is 30.8. The number of non-ortho nitro benzene ring substituents is 1. The van der Waals surface area contributed by atoms with Crippen molar-refractivity contribution in [1.82, 2.24) is 5.43 Å². The van der Waals surface area contributed by atoms with Gasteiger partial charge in [-0.15, -0.1) is 0 Å². The monoisotopic (exact) mass is 420 g/mol. The summed E-state index contributed by atoms with van der Waals surface area (Å²) >= 11 is 0. The Morgan fingerprint density at radius 1 is 1.21 bits per heavy atom. The third kappa shape index (κ3) is 6.01. The molecule has 0 spiro atoms. The van der Waals surface area contributed by atoms with Crippen molar-refractivity contribution >= 4 is 33.5 Å². The zero-order valence-electron chi connectivity index (χ0n) is 15.8. The highest BCUT2D eigenvalue weighted by molar-refractivity contribution is 7.92. The Kier molecular flexibility index (Phi) is 7.26. The van der Waals surface area contributed by atoms with Gasteiger partial charge in [-0.05, 0) is 48.9 Å². The lowest BCUT2D eigenvalue weighted by molar-refractivity contribution is -0.384. The van der Waals surface area contributed by atoms with Crippen molar-refractivity contribution in [2.75, 3.05) is 23.7 Å². The molecule has 0 aliphatic rings. The van der Waals surface area contributed by atoms with Crippen molar-refractivity contribution in [2.45, 2.75) is 6.92 Å². The Labute approximate surface area is 168 Å². The van der Waals surface area contributed by atoms with E-state index in [4.69, 9.17) is 4.74 Å². The molecule has 0 saturated heterocycles. The summed E-state index contributed by atoms with van der Waals surface area (Å²) in [5, 5.41) is 14.4. The fourth-order valence-electron chi connectivity index (χ4n) is 2.28. The summed E-state index contributed by atoms with van der Waals surface area (Å²) in [6.45, 7) is 1.02. The van der Waals surface area contributed by atoms with Crippen molar-refractivity contribution in [3.63, 3.8) is 0 Å². The molecule has 11 heteroatoms. The van der Waals surface area contributed by atoms with Gasteiger partial charge in [-0.25, -0.2) is 13.8 Å². The Hall–Kier alpha value is -3.47. The number of hydrogen-bond donors (Lipinski definition) is 1. The van der Waals surface area contributed by atoms with Crippen molar-refractivity contribution in [3.8, 4) is 5.75 Å². The predicted octanol–water partition coefficient (Wildman–Crippen LogP) is 1.91. The van der Waals surface area contributed by atoms with Gasteiger partial charge >= 0.3 is 0 Å². The van der Waals surface area contributed by atoms with Crippen LogP contribution in [0.3, 0.4) is 0 Å². The number of sulfonamides is 1. The number of rotatable bonds is 9. The Morgan fingerprint density at radius 2 is 1.83 bits per heavy atom. The number of hydrazone groups is 1. The van der Waals surface area contributed by atoms with E-state index in [1.54, 1.807) is 24.3 Å². The minimum Gasteiger partial charge on any atom is -0.497 e. The van der Waals surface area contributed by atoms with Crippen molar-refractivity contribution < 1.29 is 22.9 Å². The average molecular weight is 420 g/mol. The van der Waals surface area contributed by atoms with Crippen molar-refractivity contribution in [3.05, 3.63) is 64.2 Å². The number of nitrogens with one attached hydrogen (secondary N) is 1. The van der Waals surface area contributed by atoms with E-state index in [1.165, 1.54) is 44.5 Å². The Bertz CT molecular complexity index is 988. The molecule has 0 radical (unpaired) electrons. The molecule has 0 saturated carbocycles. The lowest BCUT2D eigenvalue weighted by atomic mass is 10.2. The van der Waals surface area contributed by atoms with Crippen LogP contribution in [-0.2, 0) is 14.8 Å². The zero-order chi connectivity index (χ0) is 21.4. The number of amides is 1. The van der Waals surface area contributed by atoms with E-state index in [0.29, 0.717) is 17.0 Å². The summed E-state index contributed by atoms with van der Waals surface area (Å²) in [5.41, 5.74) is 3.04. The molecule has 1 N–H and O–H groups in total. The fourth-order valence-corrected chi connectivity index (χ4v) is 3.35. The Morgan fingerprint density at radius 3 is 2.34 bits per heavy atom. The summed E-state index contributed by atoms with van der Waals surface area (Å²) in [4.78, 5) is 22.3. The van der Waals surface area contributed by atoms with Crippen LogP contribution in [0.5, 0.6) is 5.75 Å². The molecule has 0 aliphatic heterocycles. The fraction of sp³-hybridized carbons (Fsp3) is 0.222. The van der Waals surface area contributed by atoms with E-state index < -0.39 is 27.4 Å². The number of nitro groups is 1. The van der Waals surface area contributed by atoms with E-state index in [9.17, 15) is 23.3 Å². The summed E-state index contributed by atoms with van der Waals surface area (Å²) in [5.74, 6) is -0.269. The second-order valence-corrected chi connectivity index (χ2v) is 7.93. The number of hydrogen-bond acceptors (Lipinski definition) is 7. The molecule has 1 amide bonds. The number of anilines is 1. The van der Waals surface area contributed by atoms with Crippen LogP contribution in [-0.4, -0.2) is 44.9 Å². The van der Waals surface area contributed by atoms with Crippen LogP contribution in [0, 0.1) is 10.1 Å². The normalized spacial score (nSPS) is 11.2. The summed E-state index contributed by atoms with van der Waals surface area (Å²) in [7, 11) is -2.21. The number of methoxy groups -OCH3 is 1. The zero-order valence-corrected chi connectivity index (χ0v) is 16.6. The van der Waals surface area contributed by atoms with E-state index in [2.05, 4.69) is 10.5 Å². The molecule has 0 aliphatic carbocycles. The van der Waals surface area contributed by atoms with Gasteiger partial charge < -0.3 is 4.74 Å². The van der Waals surface area contributed by atoms with Crippen LogP contribution in [0.25, 0.3) is 0 Å². The quantitative estimate of drug-likeness (QED) is 0.374. The van der Waals surface area contributed by atoms with Gasteiger partial charge in [0.25, 0.3) is 11.6 Å². The number of benzene rings is 2. The highest BCUT2D eigenvalue weighted by atomic mass is 32.2. The molecule has 0 fully saturated rings. The van der Waals surface area contributed by atoms with Crippen LogP contribution in [0.4, 0.5) is 11.4 Å². The molecule has 2 aromatic carbocycles. The Balaban J connectivity index is 2.08. The second-order valence-electron chi connectivity index (χ2n) is 5.75. The maximum atomic E-state index is 12.4. The molecule has 29 heavy (non-hydrogen) atoms. The molecule has 2 aromatic rings. The summed E-state index contributed by atoms with van der Waals surface area (Å²) in [6.07, 6.45) is 1.30. The van der Waals surface area contributed by atoms with Gasteiger partial charge in [0.2, 0.25) is 10.0 Å². The number of ether oxygens (including phenoxy) is 1. The molecule has 0 atom stereocenters. The van der Waals surface area contributed by atoms with Crippen LogP contribution in [0.15, 0.2) is 53.6 Å². The third-order valence-corrected chi connectivity index (χ3v) is 5.60. The number of nitro benzene ring substituents is 1. The maximum Gasteiger partial charge on any atom is 0.269 e. The first-order valence-corrected chi connectivity index (χ1v) is 10.1. The topological polar surface area (TPSA) is 131 Å². The van der Waals surface area contributed by atoms with Crippen LogP contribution < -0.4 is 14.5 Å². The van der Waals surface area contributed by atoms with Gasteiger partial charge in [0.1, 0.15) is 12.3 Å². The smallest absolute Gasteiger partial charge is 0.269 e.